The van der Waals surface area contributed by atoms with Gasteiger partial charge in [0.05, 0.1) is 13.2 Å². The highest BCUT2D eigenvalue weighted by Crippen LogP contribution is 2.27. The number of nitrogens with zero attached hydrogens (tertiary/aromatic N) is 3. The third-order valence-electron chi connectivity index (χ3n) is 3.51. The van der Waals surface area contributed by atoms with E-state index in [1.54, 1.807) is 0 Å². The Morgan fingerprint density at radius 1 is 1.37 bits per heavy atom. The second-order valence-electron chi connectivity index (χ2n) is 5.01. The van der Waals surface area contributed by atoms with Crippen LogP contribution in [-0.2, 0) is 6.54 Å². The van der Waals surface area contributed by atoms with Crippen LogP contribution in [-0.4, -0.2) is 41.0 Å². The van der Waals surface area contributed by atoms with Crippen molar-refractivity contribution in [1.82, 2.24) is 15.5 Å². The van der Waals surface area contributed by atoms with Gasteiger partial charge in [-0.05, 0) is 25.8 Å². The maximum absolute atomic E-state index is 9.19. The highest BCUT2D eigenvalue weighted by Gasteiger charge is 2.26. The van der Waals surface area contributed by atoms with Crippen LogP contribution in [0.4, 0.5) is 6.01 Å². The molecule has 1 aromatic rings. The SMILES string of the molecule is CCCNCc1nnc(N(CCO)C2CCCC2)o1. The first kappa shape index (κ1) is 14.3. The van der Waals surface area contributed by atoms with Gasteiger partial charge in [-0.2, -0.15) is 0 Å². The van der Waals surface area contributed by atoms with Gasteiger partial charge in [-0.3, -0.25) is 0 Å². The molecule has 2 rings (SSSR count). The van der Waals surface area contributed by atoms with E-state index < -0.39 is 0 Å². The van der Waals surface area contributed by atoms with Crippen molar-refractivity contribution in [2.45, 2.75) is 51.6 Å². The predicted octanol–water partition coefficient (Wildman–Crippen LogP) is 1.31. The van der Waals surface area contributed by atoms with E-state index in [9.17, 15) is 5.11 Å². The molecule has 0 spiro atoms. The van der Waals surface area contributed by atoms with E-state index >= 15 is 0 Å². The van der Waals surface area contributed by atoms with Gasteiger partial charge in [0.25, 0.3) is 0 Å². The fourth-order valence-corrected chi connectivity index (χ4v) is 2.56. The molecule has 6 nitrogen and oxygen atoms in total. The average Bonchev–Trinajstić information content (AvgIpc) is 3.08. The molecule has 6 heteroatoms. The molecule has 108 valence electrons. The van der Waals surface area contributed by atoms with Gasteiger partial charge in [0, 0.05) is 12.6 Å². The molecule has 1 heterocycles. The smallest absolute Gasteiger partial charge is 0.318 e. The van der Waals surface area contributed by atoms with Crippen molar-refractivity contribution in [3.05, 3.63) is 5.89 Å². The van der Waals surface area contributed by atoms with E-state index in [4.69, 9.17) is 4.42 Å². The zero-order valence-electron chi connectivity index (χ0n) is 11.6. The van der Waals surface area contributed by atoms with Gasteiger partial charge in [0.1, 0.15) is 0 Å². The van der Waals surface area contributed by atoms with Crippen LogP contribution < -0.4 is 10.2 Å². The Balaban J connectivity index is 1.96. The lowest BCUT2D eigenvalue weighted by atomic mass is 10.2. The van der Waals surface area contributed by atoms with Crippen LogP contribution in [0.3, 0.4) is 0 Å². The molecule has 0 aromatic carbocycles. The summed E-state index contributed by atoms with van der Waals surface area (Å²) in [6, 6.07) is 0.985. The van der Waals surface area contributed by atoms with Gasteiger partial charge in [-0.15, -0.1) is 5.10 Å². The van der Waals surface area contributed by atoms with Crippen LogP contribution in [0, 0.1) is 0 Å². The fraction of sp³-hybridized carbons (Fsp3) is 0.846. The Labute approximate surface area is 114 Å². The number of rotatable bonds is 8. The lowest BCUT2D eigenvalue weighted by Crippen LogP contribution is -2.35. The molecule has 1 saturated carbocycles. The summed E-state index contributed by atoms with van der Waals surface area (Å²) in [5, 5.41) is 20.6. The molecule has 0 amide bonds. The minimum absolute atomic E-state index is 0.113. The molecule has 0 aliphatic heterocycles. The lowest BCUT2D eigenvalue weighted by Gasteiger charge is -2.25. The Kier molecular flexibility index (Phi) is 5.60. The highest BCUT2D eigenvalue weighted by atomic mass is 16.4. The fourth-order valence-electron chi connectivity index (χ4n) is 2.56. The summed E-state index contributed by atoms with van der Waals surface area (Å²) < 4.78 is 5.69. The molecule has 0 saturated heterocycles. The minimum Gasteiger partial charge on any atom is -0.407 e. The van der Waals surface area contributed by atoms with Crippen molar-refractivity contribution < 1.29 is 9.52 Å². The quantitative estimate of drug-likeness (QED) is 0.692. The van der Waals surface area contributed by atoms with Gasteiger partial charge in [0.15, 0.2) is 0 Å². The minimum atomic E-state index is 0.113. The van der Waals surface area contributed by atoms with Crippen molar-refractivity contribution in [3.8, 4) is 0 Å². The van der Waals surface area contributed by atoms with Crippen molar-refractivity contribution in [1.29, 1.82) is 0 Å². The average molecular weight is 268 g/mol. The number of nitrogens with one attached hydrogen (secondary N) is 1. The zero-order valence-corrected chi connectivity index (χ0v) is 11.6. The summed E-state index contributed by atoms with van der Waals surface area (Å²) in [5.74, 6) is 0.615. The second-order valence-corrected chi connectivity index (χ2v) is 5.01. The summed E-state index contributed by atoms with van der Waals surface area (Å²) in [5.41, 5.74) is 0. The Hall–Kier alpha value is -1.14. The summed E-state index contributed by atoms with van der Waals surface area (Å²) in [4.78, 5) is 2.06. The van der Waals surface area contributed by atoms with Crippen LogP contribution in [0.1, 0.15) is 44.9 Å². The van der Waals surface area contributed by atoms with Gasteiger partial charge in [0.2, 0.25) is 5.89 Å². The standard InChI is InChI=1S/C13H24N4O2/c1-2-7-14-10-12-15-16-13(19-12)17(8-9-18)11-5-3-4-6-11/h11,14,18H,2-10H2,1H3. The van der Waals surface area contributed by atoms with E-state index in [0.29, 0.717) is 31.0 Å². The number of hydrogen-bond acceptors (Lipinski definition) is 6. The monoisotopic (exact) mass is 268 g/mol. The van der Waals surface area contributed by atoms with Crippen LogP contribution in [0.2, 0.25) is 0 Å². The maximum atomic E-state index is 9.19. The summed E-state index contributed by atoms with van der Waals surface area (Å²) in [6.07, 6.45) is 5.86. The van der Waals surface area contributed by atoms with Crippen LogP contribution in [0.25, 0.3) is 0 Å². The van der Waals surface area contributed by atoms with Crippen molar-refractivity contribution in [2.24, 2.45) is 0 Å². The first-order valence-electron chi connectivity index (χ1n) is 7.25. The molecule has 1 aliphatic carbocycles. The number of aliphatic hydroxyl groups is 1. The summed E-state index contributed by atoms with van der Waals surface area (Å²) >= 11 is 0. The van der Waals surface area contributed by atoms with Crippen LogP contribution in [0.5, 0.6) is 0 Å². The molecule has 2 N–H and O–H groups in total. The van der Waals surface area contributed by atoms with Gasteiger partial charge >= 0.3 is 6.01 Å². The van der Waals surface area contributed by atoms with E-state index in [-0.39, 0.29) is 6.61 Å². The van der Waals surface area contributed by atoms with E-state index in [0.717, 1.165) is 25.8 Å². The van der Waals surface area contributed by atoms with E-state index in [2.05, 4.69) is 27.3 Å². The molecule has 1 aliphatic rings. The van der Waals surface area contributed by atoms with Crippen LogP contribution in [0.15, 0.2) is 4.42 Å². The molecule has 1 fully saturated rings. The van der Waals surface area contributed by atoms with Crippen LogP contribution >= 0.6 is 0 Å². The molecule has 0 bridgehead atoms. The number of anilines is 1. The second kappa shape index (κ2) is 7.45. The molecular formula is C13H24N4O2. The maximum Gasteiger partial charge on any atom is 0.318 e. The number of aromatic nitrogens is 2. The van der Waals surface area contributed by atoms with E-state index in [1.807, 2.05) is 0 Å². The molecule has 19 heavy (non-hydrogen) atoms. The number of hydrogen-bond donors (Lipinski definition) is 2. The molecule has 1 aromatic heterocycles. The van der Waals surface area contributed by atoms with Crippen molar-refractivity contribution in [3.63, 3.8) is 0 Å². The molecule has 0 radical (unpaired) electrons. The molecule has 0 atom stereocenters. The van der Waals surface area contributed by atoms with Gasteiger partial charge < -0.3 is 19.7 Å². The largest absolute Gasteiger partial charge is 0.407 e. The van der Waals surface area contributed by atoms with Gasteiger partial charge in [-0.25, -0.2) is 0 Å². The Morgan fingerprint density at radius 3 is 2.84 bits per heavy atom. The first-order valence-corrected chi connectivity index (χ1v) is 7.25. The molecule has 0 unspecified atom stereocenters. The third-order valence-corrected chi connectivity index (χ3v) is 3.51. The van der Waals surface area contributed by atoms with E-state index in [1.165, 1.54) is 12.8 Å². The number of aliphatic hydroxyl groups excluding tert-OH is 1. The summed E-state index contributed by atoms with van der Waals surface area (Å²) in [6.45, 7) is 4.35. The normalized spacial score (nSPS) is 16.1. The Morgan fingerprint density at radius 2 is 2.16 bits per heavy atom. The predicted molar refractivity (Wildman–Crippen MR) is 73.0 cm³/mol. The summed E-state index contributed by atoms with van der Waals surface area (Å²) in [7, 11) is 0. The lowest BCUT2D eigenvalue weighted by molar-refractivity contribution is 0.292. The third kappa shape index (κ3) is 3.91. The van der Waals surface area contributed by atoms with Crippen molar-refractivity contribution in [2.75, 3.05) is 24.6 Å². The first-order chi connectivity index (χ1) is 9.35. The van der Waals surface area contributed by atoms with Gasteiger partial charge in [-0.1, -0.05) is 24.9 Å². The Bertz CT molecular complexity index is 363. The topological polar surface area (TPSA) is 74.4 Å². The van der Waals surface area contributed by atoms with Crippen molar-refractivity contribution >= 4 is 6.01 Å². The molecular weight excluding hydrogens is 244 g/mol. The highest BCUT2D eigenvalue weighted by molar-refractivity contribution is 5.27. The zero-order chi connectivity index (χ0) is 13.5.